The number of aryl methyl sites for hydroxylation is 1. The van der Waals surface area contributed by atoms with E-state index in [1.807, 2.05) is 17.9 Å². The number of nitrogens with zero attached hydrogens (tertiary/aromatic N) is 2. The molecular formula is C20H24N4O3. The van der Waals surface area contributed by atoms with Crippen LogP contribution in [0, 0.1) is 23.0 Å². The van der Waals surface area contributed by atoms with Gasteiger partial charge in [0.25, 0.3) is 11.6 Å². The molecule has 1 aliphatic heterocycles. The number of nitrogens with one attached hydrogen (secondary N) is 1. The zero-order chi connectivity index (χ0) is 19.6. The topological polar surface area (TPSA) is 102 Å². The Bertz CT molecular complexity index is 874. The molecule has 7 heteroatoms. The molecular weight excluding hydrogens is 344 g/mol. The molecule has 3 rings (SSSR count). The summed E-state index contributed by atoms with van der Waals surface area (Å²) in [5.41, 5.74) is 8.55. The molecule has 1 aliphatic rings. The van der Waals surface area contributed by atoms with E-state index in [2.05, 4.69) is 12.2 Å². The van der Waals surface area contributed by atoms with Crippen molar-refractivity contribution in [2.45, 2.75) is 26.7 Å². The molecule has 0 aromatic heterocycles. The van der Waals surface area contributed by atoms with Gasteiger partial charge in [-0.3, -0.25) is 14.9 Å². The lowest BCUT2D eigenvalue weighted by atomic mass is 9.98. The van der Waals surface area contributed by atoms with E-state index in [0.29, 0.717) is 23.0 Å². The van der Waals surface area contributed by atoms with Crippen LogP contribution in [0.3, 0.4) is 0 Å². The first-order valence-corrected chi connectivity index (χ1v) is 9.06. The van der Waals surface area contributed by atoms with E-state index in [1.165, 1.54) is 6.07 Å². The highest BCUT2D eigenvalue weighted by Gasteiger charge is 2.24. The van der Waals surface area contributed by atoms with Crippen molar-refractivity contribution < 1.29 is 9.72 Å². The van der Waals surface area contributed by atoms with E-state index >= 15 is 0 Å². The number of nitrogens with two attached hydrogens (primary N) is 1. The fraction of sp³-hybridized carbons (Fsp3) is 0.350. The van der Waals surface area contributed by atoms with Crippen LogP contribution in [0.1, 0.15) is 35.7 Å². The van der Waals surface area contributed by atoms with Crippen LogP contribution in [0.4, 0.5) is 22.7 Å². The number of hydrogen-bond donors (Lipinski definition) is 2. The molecule has 7 nitrogen and oxygen atoms in total. The maximum Gasteiger partial charge on any atom is 0.293 e. The standard InChI is InChI=1S/C20H24N4O3/c1-13-7-9-23(10-8-13)18-6-4-15(11-19(18)24(26)27)20(25)22-17-12-16(21)5-3-14(17)2/h3-6,11-13H,7-10,21H2,1-2H3,(H,22,25). The number of carbonyl (C=O) groups is 1. The van der Waals surface area contributed by atoms with E-state index in [0.717, 1.165) is 31.5 Å². The molecule has 0 unspecified atom stereocenters. The Morgan fingerprint density at radius 2 is 1.93 bits per heavy atom. The van der Waals surface area contributed by atoms with Crippen molar-refractivity contribution in [2.75, 3.05) is 29.0 Å². The summed E-state index contributed by atoms with van der Waals surface area (Å²) in [5.74, 6) is 0.234. The lowest BCUT2D eigenvalue weighted by molar-refractivity contribution is -0.384. The molecule has 27 heavy (non-hydrogen) atoms. The summed E-state index contributed by atoms with van der Waals surface area (Å²) >= 11 is 0. The van der Waals surface area contributed by atoms with Crippen molar-refractivity contribution in [3.63, 3.8) is 0 Å². The van der Waals surface area contributed by atoms with Crippen molar-refractivity contribution in [1.82, 2.24) is 0 Å². The van der Waals surface area contributed by atoms with Gasteiger partial charge in [-0.05, 0) is 55.5 Å². The molecule has 0 saturated carbocycles. The van der Waals surface area contributed by atoms with Gasteiger partial charge in [0.2, 0.25) is 0 Å². The largest absolute Gasteiger partial charge is 0.399 e. The number of nitro benzene ring substituents is 1. The molecule has 0 bridgehead atoms. The highest BCUT2D eigenvalue weighted by atomic mass is 16.6. The first-order chi connectivity index (χ1) is 12.8. The fourth-order valence-corrected chi connectivity index (χ4v) is 3.30. The number of piperidine rings is 1. The van der Waals surface area contributed by atoms with Crippen molar-refractivity contribution in [3.8, 4) is 0 Å². The number of amides is 1. The van der Waals surface area contributed by atoms with Gasteiger partial charge in [0.1, 0.15) is 5.69 Å². The van der Waals surface area contributed by atoms with Gasteiger partial charge >= 0.3 is 0 Å². The minimum absolute atomic E-state index is 0.0403. The van der Waals surface area contributed by atoms with E-state index in [1.54, 1.807) is 24.3 Å². The second-order valence-electron chi connectivity index (χ2n) is 7.16. The summed E-state index contributed by atoms with van der Waals surface area (Å²) in [6.45, 7) is 5.63. The van der Waals surface area contributed by atoms with Crippen molar-refractivity contribution >= 4 is 28.7 Å². The third-order valence-corrected chi connectivity index (χ3v) is 5.07. The number of rotatable bonds is 4. The summed E-state index contributed by atoms with van der Waals surface area (Å²) in [6, 6.07) is 9.90. The van der Waals surface area contributed by atoms with Gasteiger partial charge in [0.15, 0.2) is 0 Å². The predicted octanol–water partition coefficient (Wildman–Crippen LogP) is 3.97. The summed E-state index contributed by atoms with van der Waals surface area (Å²) in [4.78, 5) is 25.8. The smallest absolute Gasteiger partial charge is 0.293 e. The Morgan fingerprint density at radius 3 is 2.59 bits per heavy atom. The maximum atomic E-state index is 12.6. The van der Waals surface area contributed by atoms with Crippen LogP contribution in [0.2, 0.25) is 0 Å². The van der Waals surface area contributed by atoms with Gasteiger partial charge < -0.3 is 16.0 Å². The normalized spacial score (nSPS) is 14.8. The highest BCUT2D eigenvalue weighted by molar-refractivity contribution is 6.05. The maximum absolute atomic E-state index is 12.6. The van der Waals surface area contributed by atoms with Crippen LogP contribution in [0.5, 0.6) is 0 Å². The fourth-order valence-electron chi connectivity index (χ4n) is 3.30. The highest BCUT2D eigenvalue weighted by Crippen LogP contribution is 2.32. The number of benzene rings is 2. The second-order valence-corrected chi connectivity index (χ2v) is 7.16. The van der Waals surface area contributed by atoms with Crippen LogP contribution in [0.25, 0.3) is 0 Å². The Hall–Kier alpha value is -3.09. The van der Waals surface area contributed by atoms with Crippen LogP contribution < -0.4 is 16.0 Å². The second kappa shape index (κ2) is 7.65. The Labute approximate surface area is 158 Å². The number of carbonyl (C=O) groups excluding carboxylic acids is 1. The van der Waals surface area contributed by atoms with Crippen LogP contribution in [0.15, 0.2) is 36.4 Å². The summed E-state index contributed by atoms with van der Waals surface area (Å²) in [5, 5.41) is 14.4. The molecule has 0 spiro atoms. The average molecular weight is 368 g/mol. The molecule has 142 valence electrons. The minimum atomic E-state index is -0.421. The monoisotopic (exact) mass is 368 g/mol. The number of hydrogen-bond acceptors (Lipinski definition) is 5. The van der Waals surface area contributed by atoms with Gasteiger partial charge in [-0.25, -0.2) is 0 Å². The number of nitrogen functional groups attached to an aromatic ring is 1. The molecule has 0 radical (unpaired) electrons. The number of nitro groups is 1. The molecule has 3 N–H and O–H groups in total. The Balaban J connectivity index is 1.86. The Morgan fingerprint density at radius 1 is 1.22 bits per heavy atom. The van der Waals surface area contributed by atoms with Gasteiger partial charge in [-0.15, -0.1) is 0 Å². The third-order valence-electron chi connectivity index (χ3n) is 5.07. The molecule has 0 aliphatic carbocycles. The molecule has 2 aromatic rings. The molecule has 1 saturated heterocycles. The molecule has 1 amide bonds. The van der Waals surface area contributed by atoms with Gasteiger partial charge in [-0.1, -0.05) is 13.0 Å². The predicted molar refractivity (Wildman–Crippen MR) is 107 cm³/mol. The van der Waals surface area contributed by atoms with Crippen molar-refractivity contribution in [2.24, 2.45) is 5.92 Å². The lowest BCUT2D eigenvalue weighted by Gasteiger charge is -2.31. The first kappa shape index (κ1) is 18.7. The van der Waals surface area contributed by atoms with E-state index < -0.39 is 10.8 Å². The SMILES string of the molecule is Cc1ccc(N)cc1NC(=O)c1ccc(N2CCC(C)CC2)c([N+](=O)[O-])c1. The van der Waals surface area contributed by atoms with Crippen LogP contribution in [-0.2, 0) is 0 Å². The first-order valence-electron chi connectivity index (χ1n) is 9.06. The zero-order valence-electron chi connectivity index (χ0n) is 15.6. The van der Waals surface area contributed by atoms with E-state index in [9.17, 15) is 14.9 Å². The zero-order valence-corrected chi connectivity index (χ0v) is 15.6. The summed E-state index contributed by atoms with van der Waals surface area (Å²) < 4.78 is 0. The van der Waals surface area contributed by atoms with E-state index in [-0.39, 0.29) is 11.3 Å². The molecule has 2 aromatic carbocycles. The quantitative estimate of drug-likeness (QED) is 0.483. The van der Waals surface area contributed by atoms with Crippen molar-refractivity contribution in [3.05, 3.63) is 57.6 Å². The molecule has 1 fully saturated rings. The number of anilines is 3. The van der Waals surface area contributed by atoms with Crippen LogP contribution >= 0.6 is 0 Å². The third kappa shape index (κ3) is 4.19. The molecule has 1 heterocycles. The van der Waals surface area contributed by atoms with Crippen LogP contribution in [-0.4, -0.2) is 23.9 Å². The molecule has 0 atom stereocenters. The van der Waals surface area contributed by atoms with Gasteiger partial charge in [0.05, 0.1) is 4.92 Å². The summed E-state index contributed by atoms with van der Waals surface area (Å²) in [6.07, 6.45) is 2.02. The van der Waals surface area contributed by atoms with Crippen molar-refractivity contribution in [1.29, 1.82) is 0 Å². The average Bonchev–Trinajstić information content (AvgIpc) is 2.65. The lowest BCUT2D eigenvalue weighted by Crippen LogP contribution is -2.33. The van der Waals surface area contributed by atoms with Gasteiger partial charge in [0, 0.05) is 36.1 Å². The van der Waals surface area contributed by atoms with Gasteiger partial charge in [-0.2, -0.15) is 0 Å². The van der Waals surface area contributed by atoms with E-state index in [4.69, 9.17) is 5.73 Å². The Kier molecular flexibility index (Phi) is 5.30. The minimum Gasteiger partial charge on any atom is -0.399 e. The summed E-state index contributed by atoms with van der Waals surface area (Å²) in [7, 11) is 0.